The Hall–Kier alpha value is -2.11. The maximum Gasteiger partial charge on any atom is 0.158 e. The minimum absolute atomic E-state index is 0.412. The zero-order chi connectivity index (χ0) is 16.8. The van der Waals surface area contributed by atoms with Gasteiger partial charge in [0, 0.05) is 0 Å². The van der Waals surface area contributed by atoms with Gasteiger partial charge in [0.05, 0.1) is 6.16 Å². The number of benzene rings is 3. The molecule has 0 atom stereocenters. The summed E-state index contributed by atoms with van der Waals surface area (Å²) in [6, 6.07) is 29.3. The van der Waals surface area contributed by atoms with Gasteiger partial charge in [0.2, 0.25) is 0 Å². The Bertz CT molecular complexity index is 729. The lowest BCUT2D eigenvalue weighted by Crippen LogP contribution is -2.33. The number of para-hydroxylation sites is 1. The molecule has 0 aliphatic rings. The van der Waals surface area contributed by atoms with Crippen molar-refractivity contribution in [2.75, 3.05) is 6.16 Å². The van der Waals surface area contributed by atoms with Crippen LogP contribution in [-0.2, 0) is 0 Å². The van der Waals surface area contributed by atoms with Crippen LogP contribution in [0.25, 0.3) is 0 Å². The van der Waals surface area contributed by atoms with Gasteiger partial charge in [-0.15, -0.1) is 0 Å². The largest absolute Gasteiger partial charge is 0.504 e. The predicted octanol–water partition coefficient (Wildman–Crippen LogP) is 4.49. The van der Waals surface area contributed by atoms with Crippen LogP contribution in [0.3, 0.4) is 0 Å². The van der Waals surface area contributed by atoms with Crippen LogP contribution < -0.4 is 15.9 Å². The van der Waals surface area contributed by atoms with Crippen molar-refractivity contribution in [2.45, 2.75) is 19.8 Å². The van der Waals surface area contributed by atoms with Gasteiger partial charge in [-0.2, -0.15) is 0 Å². The van der Waals surface area contributed by atoms with Crippen LogP contribution in [0.5, 0.6) is 5.75 Å². The normalized spacial score (nSPS) is 11.4. The van der Waals surface area contributed by atoms with Gasteiger partial charge in [0.15, 0.2) is 5.75 Å². The van der Waals surface area contributed by atoms with Crippen LogP contribution in [0.4, 0.5) is 0 Å². The molecular formula is C22H24OP+. The van der Waals surface area contributed by atoms with Gasteiger partial charge >= 0.3 is 0 Å². The molecule has 3 aromatic carbocycles. The highest BCUT2D eigenvalue weighted by Crippen LogP contribution is 2.57. The third kappa shape index (κ3) is 3.09. The summed E-state index contributed by atoms with van der Waals surface area (Å²) in [4.78, 5) is 0. The third-order valence-electron chi connectivity index (χ3n) is 4.53. The number of rotatable bonds is 6. The van der Waals surface area contributed by atoms with E-state index in [4.69, 9.17) is 0 Å². The first-order chi connectivity index (χ1) is 11.8. The van der Waals surface area contributed by atoms with E-state index < -0.39 is 7.26 Å². The molecule has 0 fully saturated rings. The average Bonchev–Trinajstić information content (AvgIpc) is 2.65. The fraction of sp³-hybridized carbons (Fsp3) is 0.182. The van der Waals surface area contributed by atoms with Crippen molar-refractivity contribution in [3.8, 4) is 5.75 Å². The first-order valence-corrected chi connectivity index (χ1v) is 10.5. The van der Waals surface area contributed by atoms with E-state index in [1.54, 1.807) is 0 Å². The molecule has 0 heterocycles. The summed E-state index contributed by atoms with van der Waals surface area (Å²) < 4.78 is 0. The zero-order valence-corrected chi connectivity index (χ0v) is 15.0. The van der Waals surface area contributed by atoms with Gasteiger partial charge in [0.25, 0.3) is 0 Å². The van der Waals surface area contributed by atoms with E-state index in [0.717, 1.165) is 24.3 Å². The molecular weight excluding hydrogens is 311 g/mol. The second-order valence-electron chi connectivity index (χ2n) is 6.05. The molecule has 3 rings (SSSR count). The molecule has 3 aromatic rings. The predicted molar refractivity (Wildman–Crippen MR) is 107 cm³/mol. The lowest BCUT2D eigenvalue weighted by atomic mass is 10.3. The van der Waals surface area contributed by atoms with E-state index in [9.17, 15) is 5.11 Å². The molecule has 0 saturated heterocycles. The van der Waals surface area contributed by atoms with Gasteiger partial charge in [-0.3, -0.25) is 0 Å². The zero-order valence-electron chi connectivity index (χ0n) is 14.1. The maximum atomic E-state index is 10.7. The van der Waals surface area contributed by atoms with Crippen LogP contribution in [-0.4, -0.2) is 11.3 Å². The summed E-state index contributed by atoms with van der Waals surface area (Å²) in [7, 11) is -1.86. The van der Waals surface area contributed by atoms with E-state index in [1.807, 2.05) is 18.2 Å². The standard InChI is InChI=1S/C22H23OP/c1-2-3-18-24(19-12-6-4-7-13-19,20-14-8-5-9-15-20)22-17-11-10-16-21(22)23/h4-17H,2-3,18H2,1H3/p+1. The molecule has 0 bridgehead atoms. The summed E-state index contributed by atoms with van der Waals surface area (Å²) in [5.41, 5.74) is 0. The first-order valence-electron chi connectivity index (χ1n) is 8.57. The van der Waals surface area contributed by atoms with E-state index in [1.165, 1.54) is 10.6 Å². The molecule has 0 aromatic heterocycles. The summed E-state index contributed by atoms with van der Waals surface area (Å²) >= 11 is 0. The molecule has 0 radical (unpaired) electrons. The van der Waals surface area contributed by atoms with Crippen molar-refractivity contribution in [1.82, 2.24) is 0 Å². The molecule has 2 heteroatoms. The average molecular weight is 335 g/mol. The van der Waals surface area contributed by atoms with Crippen LogP contribution in [0.1, 0.15) is 19.8 Å². The molecule has 122 valence electrons. The lowest BCUT2D eigenvalue weighted by Gasteiger charge is -2.28. The van der Waals surface area contributed by atoms with Gasteiger partial charge in [-0.1, -0.05) is 61.9 Å². The van der Waals surface area contributed by atoms with Gasteiger partial charge < -0.3 is 5.11 Å². The van der Waals surface area contributed by atoms with Crippen LogP contribution >= 0.6 is 7.26 Å². The van der Waals surface area contributed by atoms with Crippen LogP contribution in [0, 0.1) is 0 Å². The number of hydrogen-bond acceptors (Lipinski definition) is 1. The highest BCUT2D eigenvalue weighted by Gasteiger charge is 2.46. The summed E-state index contributed by atoms with van der Waals surface area (Å²) in [5.74, 6) is 0.412. The van der Waals surface area contributed by atoms with E-state index in [-0.39, 0.29) is 0 Å². The monoisotopic (exact) mass is 335 g/mol. The lowest BCUT2D eigenvalue weighted by molar-refractivity contribution is 0.479. The van der Waals surface area contributed by atoms with Crippen molar-refractivity contribution >= 4 is 23.2 Å². The topological polar surface area (TPSA) is 20.2 Å². The van der Waals surface area contributed by atoms with Crippen LogP contribution in [0.2, 0.25) is 0 Å². The smallest absolute Gasteiger partial charge is 0.158 e. The summed E-state index contributed by atoms with van der Waals surface area (Å²) in [6.07, 6.45) is 3.37. The van der Waals surface area contributed by atoms with Crippen molar-refractivity contribution in [2.24, 2.45) is 0 Å². The Labute approximate surface area is 145 Å². The van der Waals surface area contributed by atoms with Gasteiger partial charge in [0.1, 0.15) is 23.2 Å². The summed E-state index contributed by atoms with van der Waals surface area (Å²) in [6.45, 7) is 2.23. The molecule has 1 nitrogen and oxygen atoms in total. The molecule has 0 amide bonds. The van der Waals surface area contributed by atoms with Crippen molar-refractivity contribution < 1.29 is 5.11 Å². The fourth-order valence-corrected chi connectivity index (χ4v) is 7.92. The number of phenols is 1. The number of phenolic OH excluding ortho intramolecular Hbond substituents is 1. The quantitative estimate of drug-likeness (QED) is 0.658. The van der Waals surface area contributed by atoms with Gasteiger partial charge in [-0.05, 0) is 42.8 Å². The first kappa shape index (κ1) is 16.7. The van der Waals surface area contributed by atoms with Crippen molar-refractivity contribution in [1.29, 1.82) is 0 Å². The van der Waals surface area contributed by atoms with E-state index >= 15 is 0 Å². The second-order valence-corrected chi connectivity index (χ2v) is 9.63. The highest BCUT2D eigenvalue weighted by atomic mass is 31.2. The van der Waals surface area contributed by atoms with Gasteiger partial charge in [-0.25, -0.2) is 0 Å². The molecule has 24 heavy (non-hydrogen) atoms. The molecule has 0 unspecified atom stereocenters. The summed E-state index contributed by atoms with van der Waals surface area (Å²) in [5, 5.41) is 14.5. The Morgan fingerprint density at radius 1 is 0.708 bits per heavy atom. The Balaban J connectivity index is 2.31. The number of aromatic hydroxyl groups is 1. The second kappa shape index (κ2) is 7.64. The Kier molecular flexibility index (Phi) is 5.33. The number of hydrogen-bond donors (Lipinski definition) is 1. The molecule has 0 aliphatic carbocycles. The molecule has 0 spiro atoms. The van der Waals surface area contributed by atoms with Crippen molar-refractivity contribution in [3.63, 3.8) is 0 Å². The van der Waals surface area contributed by atoms with Crippen LogP contribution in [0.15, 0.2) is 84.9 Å². The highest BCUT2D eigenvalue weighted by molar-refractivity contribution is 7.95. The molecule has 1 N–H and O–H groups in total. The minimum atomic E-state index is -1.86. The SMILES string of the molecule is CCCC[P+](c1ccccc1)(c1ccccc1)c1ccccc1O. The van der Waals surface area contributed by atoms with E-state index in [0.29, 0.717) is 5.75 Å². The van der Waals surface area contributed by atoms with E-state index in [2.05, 4.69) is 73.7 Å². The third-order valence-corrected chi connectivity index (χ3v) is 9.08. The number of unbranched alkanes of at least 4 members (excludes halogenated alkanes) is 1. The Morgan fingerprint density at radius 2 is 1.21 bits per heavy atom. The fourth-order valence-electron chi connectivity index (χ4n) is 3.35. The van der Waals surface area contributed by atoms with Crippen molar-refractivity contribution in [3.05, 3.63) is 84.9 Å². The Morgan fingerprint density at radius 3 is 1.71 bits per heavy atom. The molecule has 0 aliphatic heterocycles. The minimum Gasteiger partial charge on any atom is -0.504 e. The molecule has 0 saturated carbocycles. The maximum absolute atomic E-state index is 10.7.